The fraction of sp³-hybridized carbons (Fsp3) is 0.115. The van der Waals surface area contributed by atoms with Crippen LogP contribution in [0.1, 0.15) is 39.2 Å². The summed E-state index contributed by atoms with van der Waals surface area (Å²) in [5.41, 5.74) is 4.84. The van der Waals surface area contributed by atoms with Crippen LogP contribution >= 0.6 is 23.2 Å². The minimum atomic E-state index is -0.492. The number of benzene rings is 3. The zero-order valence-corrected chi connectivity index (χ0v) is 19.9. The standard InChI is InChI=1S/C26H18Cl2N4O3/c1-34-25(33)15-8-6-14(7-9-15)24-21-22(18-4-2-3-5-20(18)35-24)31-26-29-13-30-32(26)23(21)17-11-10-16(27)12-19(17)28/h2-13,23-24H,1H3,(H,29,30,31). The zero-order chi connectivity index (χ0) is 24.1. The number of hydrogen-bond donors (Lipinski definition) is 1. The number of fused-ring (bicyclic) bond motifs is 3. The van der Waals surface area contributed by atoms with Gasteiger partial charge in [-0.25, -0.2) is 9.48 Å². The van der Waals surface area contributed by atoms with Gasteiger partial charge in [-0.15, -0.1) is 0 Å². The summed E-state index contributed by atoms with van der Waals surface area (Å²) in [5.74, 6) is 0.926. The molecule has 2 unspecified atom stereocenters. The number of carbonyl (C=O) groups excluding carboxylic acids is 1. The average Bonchev–Trinajstić information content (AvgIpc) is 3.35. The number of anilines is 1. The Morgan fingerprint density at radius 2 is 1.89 bits per heavy atom. The van der Waals surface area contributed by atoms with E-state index in [1.807, 2.05) is 42.5 Å². The monoisotopic (exact) mass is 504 g/mol. The second-order valence-electron chi connectivity index (χ2n) is 8.16. The molecule has 0 saturated heterocycles. The molecule has 0 saturated carbocycles. The van der Waals surface area contributed by atoms with E-state index in [0.717, 1.165) is 33.7 Å². The van der Waals surface area contributed by atoms with E-state index in [9.17, 15) is 4.79 Å². The Hall–Kier alpha value is -3.81. The molecule has 6 rings (SSSR count). The van der Waals surface area contributed by atoms with Crippen LogP contribution in [0.5, 0.6) is 5.75 Å². The van der Waals surface area contributed by atoms with Gasteiger partial charge in [0, 0.05) is 21.2 Å². The Labute approximate surface area is 210 Å². The molecule has 35 heavy (non-hydrogen) atoms. The van der Waals surface area contributed by atoms with Crippen molar-refractivity contribution in [3.8, 4) is 5.75 Å². The van der Waals surface area contributed by atoms with Gasteiger partial charge in [-0.3, -0.25) is 0 Å². The molecule has 0 bridgehead atoms. The molecule has 3 heterocycles. The number of aromatic nitrogens is 3. The molecule has 1 aromatic heterocycles. The van der Waals surface area contributed by atoms with Gasteiger partial charge in [0.25, 0.3) is 0 Å². The molecule has 2 aliphatic heterocycles. The highest BCUT2D eigenvalue weighted by molar-refractivity contribution is 6.35. The molecule has 0 fully saturated rings. The Balaban J connectivity index is 1.58. The molecule has 0 amide bonds. The van der Waals surface area contributed by atoms with Crippen molar-refractivity contribution >= 4 is 40.8 Å². The van der Waals surface area contributed by atoms with Crippen molar-refractivity contribution in [2.75, 3.05) is 12.4 Å². The zero-order valence-electron chi connectivity index (χ0n) is 18.4. The van der Waals surface area contributed by atoms with Crippen molar-refractivity contribution in [3.05, 3.63) is 111 Å². The molecule has 174 valence electrons. The van der Waals surface area contributed by atoms with Gasteiger partial charge in [0.1, 0.15) is 24.2 Å². The normalized spacial score (nSPS) is 18.0. The van der Waals surface area contributed by atoms with Crippen molar-refractivity contribution in [2.45, 2.75) is 12.1 Å². The Morgan fingerprint density at radius 3 is 2.66 bits per heavy atom. The fourth-order valence-corrected chi connectivity index (χ4v) is 5.14. The number of nitrogens with zero attached hydrogens (tertiary/aromatic N) is 3. The molecular weight excluding hydrogens is 487 g/mol. The van der Waals surface area contributed by atoms with Gasteiger partial charge >= 0.3 is 5.97 Å². The molecule has 0 spiro atoms. The summed E-state index contributed by atoms with van der Waals surface area (Å²) in [4.78, 5) is 16.4. The third-order valence-electron chi connectivity index (χ3n) is 6.21. The molecule has 0 radical (unpaired) electrons. The summed E-state index contributed by atoms with van der Waals surface area (Å²) in [6.45, 7) is 0. The van der Waals surface area contributed by atoms with E-state index in [0.29, 0.717) is 21.6 Å². The van der Waals surface area contributed by atoms with Gasteiger partial charge in [-0.1, -0.05) is 53.5 Å². The first-order valence-electron chi connectivity index (χ1n) is 10.8. The lowest BCUT2D eigenvalue weighted by Crippen LogP contribution is -2.32. The predicted molar refractivity (Wildman–Crippen MR) is 133 cm³/mol. The van der Waals surface area contributed by atoms with Crippen LogP contribution in [-0.2, 0) is 4.74 Å². The molecule has 2 aliphatic rings. The van der Waals surface area contributed by atoms with Crippen LogP contribution in [0.2, 0.25) is 10.0 Å². The molecule has 3 aromatic carbocycles. The maximum atomic E-state index is 12.0. The van der Waals surface area contributed by atoms with E-state index in [4.69, 9.17) is 32.7 Å². The molecule has 9 heteroatoms. The van der Waals surface area contributed by atoms with Gasteiger partial charge in [0.15, 0.2) is 0 Å². The molecule has 0 aliphatic carbocycles. The highest BCUT2D eigenvalue weighted by Crippen LogP contribution is 2.51. The SMILES string of the molecule is COC(=O)c1ccc(C2Oc3ccccc3C3=C2C(c2ccc(Cl)cc2Cl)n2ncnc2N3)cc1. The molecule has 1 N–H and O–H groups in total. The van der Waals surface area contributed by atoms with Crippen molar-refractivity contribution in [1.29, 1.82) is 0 Å². The quantitative estimate of drug-likeness (QED) is 0.348. The van der Waals surface area contributed by atoms with Gasteiger partial charge in [-0.2, -0.15) is 10.1 Å². The lowest BCUT2D eigenvalue weighted by molar-refractivity contribution is 0.0600. The van der Waals surface area contributed by atoms with Gasteiger partial charge in [0.05, 0.1) is 18.4 Å². The summed E-state index contributed by atoms with van der Waals surface area (Å²) in [6.07, 6.45) is 1.01. The van der Waals surface area contributed by atoms with Crippen molar-refractivity contribution in [2.24, 2.45) is 0 Å². The van der Waals surface area contributed by atoms with Crippen LogP contribution in [-0.4, -0.2) is 27.8 Å². The number of esters is 1. The Morgan fingerprint density at radius 1 is 1.09 bits per heavy atom. The fourth-order valence-electron chi connectivity index (χ4n) is 4.63. The van der Waals surface area contributed by atoms with E-state index in [1.54, 1.807) is 28.9 Å². The number of halogens is 2. The lowest BCUT2D eigenvalue weighted by atomic mass is 9.84. The third kappa shape index (κ3) is 3.55. The summed E-state index contributed by atoms with van der Waals surface area (Å²) in [7, 11) is 1.36. The van der Waals surface area contributed by atoms with Crippen LogP contribution < -0.4 is 10.1 Å². The summed E-state index contributed by atoms with van der Waals surface area (Å²) in [6, 6.07) is 20.0. The number of para-hydroxylation sites is 1. The molecular formula is C26H18Cl2N4O3. The average molecular weight is 505 g/mol. The highest BCUT2D eigenvalue weighted by atomic mass is 35.5. The van der Waals surface area contributed by atoms with E-state index < -0.39 is 18.1 Å². The second kappa shape index (κ2) is 8.45. The molecule has 7 nitrogen and oxygen atoms in total. The first-order chi connectivity index (χ1) is 17.0. The van der Waals surface area contributed by atoms with Crippen LogP contribution in [0.4, 0.5) is 5.95 Å². The first-order valence-corrected chi connectivity index (χ1v) is 11.6. The first kappa shape index (κ1) is 21.7. The van der Waals surface area contributed by atoms with Gasteiger partial charge < -0.3 is 14.8 Å². The Bertz CT molecular complexity index is 1500. The summed E-state index contributed by atoms with van der Waals surface area (Å²) in [5, 5.41) is 9.01. The topological polar surface area (TPSA) is 78.3 Å². The number of nitrogens with one attached hydrogen (secondary N) is 1. The maximum Gasteiger partial charge on any atom is 0.337 e. The third-order valence-corrected chi connectivity index (χ3v) is 6.78. The number of carbonyl (C=O) groups is 1. The number of hydrogen-bond acceptors (Lipinski definition) is 6. The van der Waals surface area contributed by atoms with E-state index in [2.05, 4.69) is 15.4 Å². The van der Waals surface area contributed by atoms with Crippen molar-refractivity contribution in [3.63, 3.8) is 0 Å². The van der Waals surface area contributed by atoms with Gasteiger partial charge in [0.2, 0.25) is 5.95 Å². The van der Waals surface area contributed by atoms with Crippen LogP contribution in [0.15, 0.2) is 78.6 Å². The second-order valence-corrected chi connectivity index (χ2v) is 9.00. The summed E-state index contributed by atoms with van der Waals surface area (Å²) < 4.78 is 13.2. The minimum absolute atomic E-state index is 0.399. The lowest BCUT2D eigenvalue weighted by Gasteiger charge is -2.39. The minimum Gasteiger partial charge on any atom is -0.480 e. The van der Waals surface area contributed by atoms with Crippen molar-refractivity contribution in [1.82, 2.24) is 14.8 Å². The van der Waals surface area contributed by atoms with Crippen LogP contribution in [0.3, 0.4) is 0 Å². The van der Waals surface area contributed by atoms with E-state index in [1.165, 1.54) is 13.4 Å². The maximum absolute atomic E-state index is 12.0. The molecule has 4 aromatic rings. The number of rotatable bonds is 3. The Kier molecular flexibility index (Phi) is 5.24. The largest absolute Gasteiger partial charge is 0.480 e. The number of ether oxygens (including phenoxy) is 2. The number of methoxy groups -OCH3 is 1. The molecule has 2 atom stereocenters. The summed E-state index contributed by atoms with van der Waals surface area (Å²) >= 11 is 12.9. The van der Waals surface area contributed by atoms with E-state index >= 15 is 0 Å². The van der Waals surface area contributed by atoms with Gasteiger partial charge in [-0.05, 0) is 47.5 Å². The smallest absolute Gasteiger partial charge is 0.337 e. The van der Waals surface area contributed by atoms with Crippen molar-refractivity contribution < 1.29 is 14.3 Å². The van der Waals surface area contributed by atoms with Crippen LogP contribution in [0, 0.1) is 0 Å². The predicted octanol–water partition coefficient (Wildman–Crippen LogP) is 5.93. The van der Waals surface area contributed by atoms with Crippen LogP contribution in [0.25, 0.3) is 5.70 Å². The highest BCUT2D eigenvalue weighted by Gasteiger charge is 2.41. The van der Waals surface area contributed by atoms with E-state index in [-0.39, 0.29) is 0 Å².